The summed E-state index contributed by atoms with van der Waals surface area (Å²) in [5.74, 6) is 1.38. The minimum absolute atomic E-state index is 0.266. The van der Waals surface area contributed by atoms with Crippen molar-refractivity contribution in [2.75, 3.05) is 35.0 Å². The molecule has 0 radical (unpaired) electrons. The highest BCUT2D eigenvalue weighted by atomic mass is 16.7. The molecule has 4 rings (SSSR count). The average Bonchev–Trinajstić information content (AvgIpc) is 3.07. The molecule has 0 aromatic heterocycles. The van der Waals surface area contributed by atoms with Crippen molar-refractivity contribution in [3.05, 3.63) is 119 Å². The van der Waals surface area contributed by atoms with Gasteiger partial charge in [0.05, 0.1) is 26.8 Å². The van der Waals surface area contributed by atoms with Gasteiger partial charge in [-0.25, -0.2) is 0 Å². The van der Waals surface area contributed by atoms with Crippen LogP contribution in [0.4, 0.5) is 0 Å². The number of hydrogen-bond donors (Lipinski definition) is 2. The van der Waals surface area contributed by atoms with Crippen LogP contribution in [0.15, 0.2) is 97.1 Å². The molecule has 0 aliphatic rings. The summed E-state index contributed by atoms with van der Waals surface area (Å²) in [5.41, 5.74) is 3.32. The molecule has 0 aliphatic heterocycles. The number of ether oxygens (including phenoxy) is 6. The lowest BCUT2D eigenvalue weighted by atomic mass is 9.93. The van der Waals surface area contributed by atoms with E-state index < -0.39 is 17.9 Å². The van der Waals surface area contributed by atoms with Crippen LogP contribution < -0.4 is 24.3 Å². The van der Waals surface area contributed by atoms with E-state index in [4.69, 9.17) is 28.4 Å². The summed E-state index contributed by atoms with van der Waals surface area (Å²) in [6.07, 6.45) is -1.07. The second-order valence-corrected chi connectivity index (χ2v) is 10.2. The largest absolute Gasteiger partial charge is 0.497 e. The Morgan fingerprint density at radius 3 is 1.58 bits per heavy atom. The summed E-state index contributed by atoms with van der Waals surface area (Å²) < 4.78 is 34.8. The predicted molar refractivity (Wildman–Crippen MR) is 166 cm³/mol. The molecule has 0 aliphatic carbocycles. The van der Waals surface area contributed by atoms with Crippen LogP contribution in [-0.2, 0) is 22.7 Å². The molecule has 43 heavy (non-hydrogen) atoms. The summed E-state index contributed by atoms with van der Waals surface area (Å²) in [5, 5.41) is 15.6. The van der Waals surface area contributed by atoms with Crippen molar-refractivity contribution in [1.29, 1.82) is 0 Å². The van der Waals surface area contributed by atoms with Crippen molar-refractivity contribution in [1.82, 2.24) is 5.32 Å². The lowest BCUT2D eigenvalue weighted by molar-refractivity contribution is -0.191. The second kappa shape index (κ2) is 15.4. The molecule has 0 unspecified atom stereocenters. The van der Waals surface area contributed by atoms with E-state index in [1.165, 1.54) is 0 Å². The van der Waals surface area contributed by atoms with Crippen molar-refractivity contribution < 1.29 is 33.5 Å². The third kappa shape index (κ3) is 8.49. The Hall–Kier alpha value is -4.08. The smallest absolute Gasteiger partial charge is 0.177 e. The maximum absolute atomic E-state index is 12.1. The first-order valence-corrected chi connectivity index (χ1v) is 14.1. The van der Waals surface area contributed by atoms with Crippen LogP contribution in [0.1, 0.15) is 41.3 Å². The highest BCUT2D eigenvalue weighted by Crippen LogP contribution is 2.41. The van der Waals surface area contributed by atoms with Crippen molar-refractivity contribution in [2.24, 2.45) is 0 Å². The SMILES string of the molecule is COc1ccc([C@@H](NCC(C)(OC)OC)[C@@H](O)c2ccc(OC)cc2OCc2ccccc2)c(OCc2ccccc2)c1. The summed E-state index contributed by atoms with van der Waals surface area (Å²) in [6, 6.07) is 30.1. The Labute approximate surface area is 254 Å². The average molecular weight is 588 g/mol. The van der Waals surface area contributed by atoms with Gasteiger partial charge in [0.1, 0.15) is 42.3 Å². The van der Waals surface area contributed by atoms with Crippen LogP contribution in [0, 0.1) is 0 Å². The Morgan fingerprint density at radius 2 is 1.12 bits per heavy atom. The standard InChI is InChI=1S/C35H41NO7/c1-35(40-4,41-5)24-36-33(29-18-16-27(38-2)20-31(29)42-22-25-12-8-6-9-13-25)34(37)30-19-17-28(39-3)21-32(30)43-23-26-14-10-7-11-15-26/h6-21,33-34,36-37H,22-24H2,1-5H3/t33-,34+/m1/s1. The fourth-order valence-electron chi connectivity index (χ4n) is 4.60. The molecule has 0 amide bonds. The second-order valence-electron chi connectivity index (χ2n) is 10.2. The van der Waals surface area contributed by atoms with Crippen molar-refractivity contribution in [2.45, 2.75) is 38.1 Å². The summed E-state index contributed by atoms with van der Waals surface area (Å²) in [7, 11) is 6.37. The monoisotopic (exact) mass is 587 g/mol. The predicted octanol–water partition coefficient (Wildman–Crippen LogP) is 6.24. The van der Waals surface area contributed by atoms with Gasteiger partial charge in [0.2, 0.25) is 0 Å². The lowest BCUT2D eigenvalue weighted by Crippen LogP contribution is -2.43. The first kappa shape index (κ1) is 31.8. The number of nitrogens with one attached hydrogen (secondary N) is 1. The van der Waals surface area contributed by atoms with Gasteiger partial charge >= 0.3 is 0 Å². The maximum Gasteiger partial charge on any atom is 0.177 e. The van der Waals surface area contributed by atoms with E-state index in [1.807, 2.05) is 91.9 Å². The highest BCUT2D eigenvalue weighted by Gasteiger charge is 2.32. The molecule has 8 nitrogen and oxygen atoms in total. The van der Waals surface area contributed by atoms with Gasteiger partial charge in [-0.05, 0) is 42.3 Å². The van der Waals surface area contributed by atoms with Gasteiger partial charge in [-0.15, -0.1) is 0 Å². The highest BCUT2D eigenvalue weighted by molar-refractivity contribution is 5.47. The van der Waals surface area contributed by atoms with E-state index in [0.717, 1.165) is 16.7 Å². The van der Waals surface area contributed by atoms with Gasteiger partial charge in [-0.2, -0.15) is 0 Å². The first-order chi connectivity index (χ1) is 20.9. The normalized spacial score (nSPS) is 12.8. The molecule has 4 aromatic carbocycles. The molecule has 2 atom stereocenters. The third-order valence-electron chi connectivity index (χ3n) is 7.39. The summed E-state index contributed by atoms with van der Waals surface area (Å²) >= 11 is 0. The van der Waals surface area contributed by atoms with E-state index in [9.17, 15) is 5.11 Å². The van der Waals surface area contributed by atoms with Crippen molar-refractivity contribution in [3.8, 4) is 23.0 Å². The Bertz CT molecular complexity index is 1410. The molecule has 8 heteroatoms. The van der Waals surface area contributed by atoms with Crippen molar-refractivity contribution >= 4 is 0 Å². The zero-order valence-electron chi connectivity index (χ0n) is 25.4. The topological polar surface area (TPSA) is 87.6 Å². The van der Waals surface area contributed by atoms with Gasteiger partial charge in [-0.3, -0.25) is 0 Å². The van der Waals surface area contributed by atoms with Crippen LogP contribution in [0.2, 0.25) is 0 Å². The summed E-state index contributed by atoms with van der Waals surface area (Å²) in [6.45, 7) is 2.76. The molecule has 2 N–H and O–H groups in total. The molecule has 0 heterocycles. The number of rotatable bonds is 16. The maximum atomic E-state index is 12.1. The van der Waals surface area contributed by atoms with Gasteiger partial charge in [0.25, 0.3) is 0 Å². The number of aliphatic hydroxyl groups is 1. The molecule has 4 aromatic rings. The first-order valence-electron chi connectivity index (χ1n) is 14.1. The Balaban J connectivity index is 1.73. The molecule has 228 valence electrons. The number of benzene rings is 4. The fraction of sp³-hybridized carbons (Fsp3) is 0.314. The van der Waals surface area contributed by atoms with E-state index in [0.29, 0.717) is 41.8 Å². The van der Waals surface area contributed by atoms with Crippen molar-refractivity contribution in [3.63, 3.8) is 0 Å². The van der Waals surface area contributed by atoms with E-state index in [1.54, 1.807) is 40.6 Å². The van der Waals surface area contributed by atoms with Crippen LogP contribution in [0.3, 0.4) is 0 Å². The lowest BCUT2D eigenvalue weighted by Gasteiger charge is -2.33. The van der Waals surface area contributed by atoms with Crippen LogP contribution in [0.25, 0.3) is 0 Å². The van der Waals surface area contributed by atoms with Crippen LogP contribution in [0.5, 0.6) is 23.0 Å². The molecule has 0 saturated carbocycles. The molecular formula is C35H41NO7. The Kier molecular flexibility index (Phi) is 11.4. The van der Waals surface area contributed by atoms with Crippen LogP contribution in [-0.4, -0.2) is 45.9 Å². The minimum atomic E-state index is -1.07. The molecule has 0 bridgehead atoms. The quantitative estimate of drug-likeness (QED) is 0.149. The molecule has 0 fully saturated rings. The number of methoxy groups -OCH3 is 4. The fourth-order valence-corrected chi connectivity index (χ4v) is 4.60. The van der Waals surface area contributed by atoms with Crippen LogP contribution >= 0.6 is 0 Å². The Morgan fingerprint density at radius 1 is 0.651 bits per heavy atom. The molecule has 0 spiro atoms. The number of hydrogen-bond acceptors (Lipinski definition) is 8. The minimum Gasteiger partial charge on any atom is -0.497 e. The van der Waals surface area contributed by atoms with E-state index >= 15 is 0 Å². The zero-order chi connectivity index (χ0) is 30.7. The van der Waals surface area contributed by atoms with Gasteiger partial charge in [0, 0.05) is 37.5 Å². The summed E-state index contributed by atoms with van der Waals surface area (Å²) in [4.78, 5) is 0. The van der Waals surface area contributed by atoms with Gasteiger partial charge in [0.15, 0.2) is 5.79 Å². The van der Waals surface area contributed by atoms with Gasteiger partial charge < -0.3 is 38.8 Å². The molecular weight excluding hydrogens is 546 g/mol. The third-order valence-corrected chi connectivity index (χ3v) is 7.39. The zero-order valence-corrected chi connectivity index (χ0v) is 25.4. The number of aliphatic hydroxyl groups excluding tert-OH is 1. The van der Waals surface area contributed by atoms with Gasteiger partial charge in [-0.1, -0.05) is 60.7 Å². The van der Waals surface area contributed by atoms with E-state index in [-0.39, 0.29) is 6.54 Å². The van der Waals surface area contributed by atoms with E-state index in [2.05, 4.69) is 5.32 Å². The molecule has 0 saturated heterocycles.